The van der Waals surface area contributed by atoms with Crippen LogP contribution in [-0.4, -0.2) is 51.0 Å². The summed E-state index contributed by atoms with van der Waals surface area (Å²) in [6.45, 7) is 6.58. The quantitative estimate of drug-likeness (QED) is 0.676. The molecule has 168 valence electrons. The molecule has 0 saturated carbocycles. The molecule has 2 aromatic rings. The molecular formula is C22H25F2NO5S. The number of carbonyl (C=O) groups excluding carboxylic acids is 1. The SMILES string of the molecule is CC(C)(C)OC(=O)N1CC(COc2ccc(-c3ccc(S(C)(=O)=O)c(F)c3)cc2F)C1. The molecule has 1 amide bonds. The summed E-state index contributed by atoms with van der Waals surface area (Å²) in [6, 6.07) is 7.87. The number of amides is 1. The summed E-state index contributed by atoms with van der Waals surface area (Å²) in [7, 11) is -3.68. The second kappa shape index (κ2) is 8.45. The smallest absolute Gasteiger partial charge is 0.410 e. The summed E-state index contributed by atoms with van der Waals surface area (Å²) in [6.07, 6.45) is 0.541. The van der Waals surface area contributed by atoms with Crippen molar-refractivity contribution in [3.05, 3.63) is 48.0 Å². The van der Waals surface area contributed by atoms with Gasteiger partial charge >= 0.3 is 6.09 Å². The first-order valence-corrected chi connectivity index (χ1v) is 11.6. The molecular weight excluding hydrogens is 428 g/mol. The van der Waals surface area contributed by atoms with Gasteiger partial charge in [-0.05, 0) is 56.2 Å². The Hall–Kier alpha value is -2.68. The average molecular weight is 454 g/mol. The van der Waals surface area contributed by atoms with Crippen molar-refractivity contribution < 1.29 is 31.5 Å². The van der Waals surface area contributed by atoms with Crippen LogP contribution in [0.3, 0.4) is 0 Å². The summed E-state index contributed by atoms with van der Waals surface area (Å²) in [5, 5.41) is 0. The van der Waals surface area contributed by atoms with Crippen LogP contribution in [0.1, 0.15) is 20.8 Å². The fourth-order valence-electron chi connectivity index (χ4n) is 3.14. The molecule has 9 heteroatoms. The average Bonchev–Trinajstić information content (AvgIpc) is 2.58. The van der Waals surface area contributed by atoms with Crippen molar-refractivity contribution in [2.45, 2.75) is 31.3 Å². The van der Waals surface area contributed by atoms with Crippen LogP contribution >= 0.6 is 0 Å². The molecule has 0 bridgehead atoms. The van der Waals surface area contributed by atoms with E-state index in [4.69, 9.17) is 9.47 Å². The molecule has 1 aliphatic rings. The lowest BCUT2D eigenvalue weighted by Crippen LogP contribution is -2.53. The van der Waals surface area contributed by atoms with Crippen LogP contribution in [0.4, 0.5) is 13.6 Å². The monoisotopic (exact) mass is 453 g/mol. The number of hydrogen-bond acceptors (Lipinski definition) is 5. The number of likely N-dealkylation sites (tertiary alicyclic amines) is 1. The lowest BCUT2D eigenvalue weighted by Gasteiger charge is -2.39. The zero-order valence-electron chi connectivity index (χ0n) is 17.8. The highest BCUT2D eigenvalue weighted by Crippen LogP contribution is 2.29. The highest BCUT2D eigenvalue weighted by Gasteiger charge is 2.34. The number of sulfone groups is 1. The summed E-state index contributed by atoms with van der Waals surface area (Å²) in [4.78, 5) is 13.1. The third-order valence-electron chi connectivity index (χ3n) is 4.68. The largest absolute Gasteiger partial charge is 0.490 e. The summed E-state index contributed by atoms with van der Waals surface area (Å²) in [5.74, 6) is -1.38. The van der Waals surface area contributed by atoms with Gasteiger partial charge in [-0.3, -0.25) is 0 Å². The number of hydrogen-bond donors (Lipinski definition) is 0. The van der Waals surface area contributed by atoms with Crippen molar-refractivity contribution in [3.8, 4) is 16.9 Å². The van der Waals surface area contributed by atoms with E-state index in [0.717, 1.165) is 18.4 Å². The van der Waals surface area contributed by atoms with E-state index in [-0.39, 0.29) is 24.4 Å². The number of carbonyl (C=O) groups is 1. The maximum Gasteiger partial charge on any atom is 0.410 e. The van der Waals surface area contributed by atoms with Crippen LogP contribution < -0.4 is 4.74 Å². The Labute approximate surface area is 180 Å². The van der Waals surface area contributed by atoms with Crippen molar-refractivity contribution in [2.24, 2.45) is 5.92 Å². The topological polar surface area (TPSA) is 72.9 Å². The maximum absolute atomic E-state index is 14.5. The number of rotatable bonds is 5. The van der Waals surface area contributed by atoms with Gasteiger partial charge in [-0.1, -0.05) is 12.1 Å². The minimum atomic E-state index is -3.68. The Kier molecular flexibility index (Phi) is 6.27. The molecule has 0 aromatic heterocycles. The first-order chi connectivity index (χ1) is 14.3. The van der Waals surface area contributed by atoms with Gasteiger partial charge in [0.1, 0.15) is 16.3 Å². The fourth-order valence-corrected chi connectivity index (χ4v) is 3.87. The van der Waals surface area contributed by atoms with Crippen molar-refractivity contribution in [3.63, 3.8) is 0 Å². The van der Waals surface area contributed by atoms with Gasteiger partial charge in [-0.2, -0.15) is 0 Å². The van der Waals surface area contributed by atoms with Crippen LogP contribution in [0.2, 0.25) is 0 Å². The minimum Gasteiger partial charge on any atom is -0.490 e. The molecule has 1 fully saturated rings. The maximum atomic E-state index is 14.5. The number of nitrogens with zero attached hydrogens (tertiary/aromatic N) is 1. The Morgan fingerprint density at radius 1 is 1.06 bits per heavy atom. The van der Waals surface area contributed by atoms with Gasteiger partial charge in [-0.15, -0.1) is 0 Å². The second-order valence-electron chi connectivity index (χ2n) is 8.62. The summed E-state index contributed by atoms with van der Waals surface area (Å²) < 4.78 is 62.5. The van der Waals surface area contributed by atoms with Gasteiger partial charge < -0.3 is 14.4 Å². The van der Waals surface area contributed by atoms with E-state index in [0.29, 0.717) is 24.2 Å². The van der Waals surface area contributed by atoms with E-state index >= 15 is 0 Å². The van der Waals surface area contributed by atoms with Crippen LogP contribution in [-0.2, 0) is 14.6 Å². The van der Waals surface area contributed by atoms with Gasteiger partial charge in [0.25, 0.3) is 0 Å². The molecule has 0 aliphatic carbocycles. The Morgan fingerprint density at radius 2 is 1.65 bits per heavy atom. The van der Waals surface area contributed by atoms with E-state index in [1.165, 1.54) is 18.2 Å². The van der Waals surface area contributed by atoms with Crippen LogP contribution in [0.15, 0.2) is 41.3 Å². The minimum absolute atomic E-state index is 0.0488. The third kappa shape index (κ3) is 5.72. The molecule has 1 aliphatic heterocycles. The Bertz CT molecular complexity index is 1090. The zero-order chi connectivity index (χ0) is 23.0. The van der Waals surface area contributed by atoms with Crippen molar-refractivity contribution in [1.29, 1.82) is 0 Å². The number of ether oxygens (including phenoxy) is 2. The summed E-state index contributed by atoms with van der Waals surface area (Å²) >= 11 is 0. The van der Waals surface area contributed by atoms with Gasteiger partial charge in [-0.25, -0.2) is 22.0 Å². The predicted molar refractivity (Wildman–Crippen MR) is 112 cm³/mol. The molecule has 0 spiro atoms. The molecule has 0 unspecified atom stereocenters. The van der Waals surface area contributed by atoms with E-state index in [9.17, 15) is 22.0 Å². The molecule has 0 atom stereocenters. The van der Waals surface area contributed by atoms with Gasteiger partial charge in [0, 0.05) is 25.3 Å². The molecule has 1 saturated heterocycles. The predicted octanol–water partition coefficient (Wildman–Crippen LogP) is 4.28. The van der Waals surface area contributed by atoms with Gasteiger partial charge in [0.15, 0.2) is 21.4 Å². The molecule has 31 heavy (non-hydrogen) atoms. The lowest BCUT2D eigenvalue weighted by molar-refractivity contribution is -0.00805. The first-order valence-electron chi connectivity index (χ1n) is 9.74. The van der Waals surface area contributed by atoms with Crippen molar-refractivity contribution in [2.75, 3.05) is 26.0 Å². The molecule has 3 rings (SSSR count). The molecule has 1 heterocycles. The van der Waals surface area contributed by atoms with E-state index in [1.807, 2.05) is 0 Å². The van der Waals surface area contributed by atoms with Crippen LogP contribution in [0.5, 0.6) is 5.75 Å². The van der Waals surface area contributed by atoms with Gasteiger partial charge in [0.05, 0.1) is 6.61 Å². The van der Waals surface area contributed by atoms with E-state index in [2.05, 4.69) is 0 Å². The molecule has 0 N–H and O–H groups in total. The van der Waals surface area contributed by atoms with Gasteiger partial charge in [0.2, 0.25) is 0 Å². The van der Waals surface area contributed by atoms with Crippen molar-refractivity contribution in [1.82, 2.24) is 4.90 Å². The molecule has 2 aromatic carbocycles. The third-order valence-corrected chi connectivity index (χ3v) is 5.81. The fraction of sp³-hybridized carbons (Fsp3) is 0.409. The van der Waals surface area contributed by atoms with E-state index in [1.54, 1.807) is 31.7 Å². The number of halogens is 2. The summed E-state index contributed by atoms with van der Waals surface area (Å²) in [5.41, 5.74) is 0.184. The molecule has 6 nitrogen and oxygen atoms in total. The standard InChI is InChI=1S/C22H25F2NO5S/c1-22(2,3)30-21(26)25-11-14(12-25)13-29-19-7-5-15(9-17(19)23)16-6-8-20(18(24)10-16)31(4,27)28/h5-10,14H,11-13H2,1-4H3. The van der Waals surface area contributed by atoms with E-state index < -0.39 is 32.0 Å². The second-order valence-corrected chi connectivity index (χ2v) is 10.6. The van der Waals surface area contributed by atoms with Crippen LogP contribution in [0, 0.1) is 17.6 Å². The highest BCUT2D eigenvalue weighted by molar-refractivity contribution is 7.90. The molecule has 0 radical (unpaired) electrons. The number of benzene rings is 2. The first kappa shape index (κ1) is 23.0. The lowest BCUT2D eigenvalue weighted by atomic mass is 10.0. The highest BCUT2D eigenvalue weighted by atomic mass is 32.2. The zero-order valence-corrected chi connectivity index (χ0v) is 18.6. The Balaban J connectivity index is 1.59. The van der Waals surface area contributed by atoms with Crippen molar-refractivity contribution >= 4 is 15.9 Å². The van der Waals surface area contributed by atoms with Crippen LogP contribution in [0.25, 0.3) is 11.1 Å². The Morgan fingerprint density at radius 3 is 2.16 bits per heavy atom. The normalized spacial score (nSPS) is 14.8.